The van der Waals surface area contributed by atoms with E-state index in [1.807, 2.05) is 66.7 Å². The number of aliphatic hydroxyl groups is 1. The Bertz CT molecular complexity index is 1310. The van der Waals surface area contributed by atoms with Gasteiger partial charge in [0.05, 0.1) is 12.2 Å². The van der Waals surface area contributed by atoms with Crippen molar-refractivity contribution in [2.24, 2.45) is 0 Å². The molecule has 5 rings (SSSR count). The number of nitriles is 1. The fraction of sp³-hybridized carbons (Fsp3) is 0.241. The van der Waals surface area contributed by atoms with Gasteiger partial charge >= 0.3 is 5.97 Å². The van der Waals surface area contributed by atoms with Crippen molar-refractivity contribution < 1.29 is 24.2 Å². The average Bonchev–Trinajstić information content (AvgIpc) is 2.96. The van der Waals surface area contributed by atoms with Crippen LogP contribution in [0.2, 0.25) is 0 Å². The molecular formula is C29H25N3O5S. The van der Waals surface area contributed by atoms with Crippen LogP contribution in [0.3, 0.4) is 0 Å². The van der Waals surface area contributed by atoms with E-state index in [1.165, 1.54) is 16.7 Å². The van der Waals surface area contributed by atoms with Crippen molar-refractivity contribution in [3.8, 4) is 6.07 Å². The van der Waals surface area contributed by atoms with Gasteiger partial charge in [0.2, 0.25) is 11.8 Å². The minimum absolute atomic E-state index is 0.183. The minimum atomic E-state index is -1.21. The lowest BCUT2D eigenvalue weighted by atomic mass is 9.96. The van der Waals surface area contributed by atoms with Crippen LogP contribution in [0.25, 0.3) is 0 Å². The molecular weight excluding hydrogens is 502 g/mol. The summed E-state index contributed by atoms with van der Waals surface area (Å²) < 4.78 is 5.93. The Kier molecular flexibility index (Phi) is 7.45. The summed E-state index contributed by atoms with van der Waals surface area (Å²) in [6, 6.07) is 27.0. The van der Waals surface area contributed by atoms with Crippen LogP contribution in [0.1, 0.15) is 28.7 Å². The Morgan fingerprint density at radius 1 is 0.947 bits per heavy atom. The number of hydrogen-bond acceptors (Lipinski definition) is 7. The molecule has 2 heterocycles. The normalized spacial score (nSPS) is 23.0. The van der Waals surface area contributed by atoms with E-state index >= 15 is 0 Å². The number of esters is 1. The third-order valence-corrected chi connectivity index (χ3v) is 8.06. The van der Waals surface area contributed by atoms with Crippen LogP contribution >= 0.6 is 11.8 Å². The molecule has 5 atom stereocenters. The predicted molar refractivity (Wildman–Crippen MR) is 140 cm³/mol. The molecule has 2 saturated heterocycles. The van der Waals surface area contributed by atoms with Crippen molar-refractivity contribution in [2.45, 2.75) is 35.6 Å². The zero-order valence-corrected chi connectivity index (χ0v) is 21.0. The summed E-state index contributed by atoms with van der Waals surface area (Å²) in [6.45, 7) is 0. The Morgan fingerprint density at radius 3 is 2.00 bits per heavy atom. The molecule has 9 heteroatoms. The number of amides is 2. The standard InChI is InChI=1S/C29H25N3O5S/c30-16-21(18-10-4-1-5-11-18)26(34)31-23-27(35)32-24(22(33)17-38-28(23)32)29(36)37-25(19-12-6-2-7-13-19)20-14-8-3-9-15-20/h1-15,21-25,28,33H,17H2,(H,31,34)/t21?,22?,23-,24-,28-/m1/s1. The molecule has 0 aliphatic carbocycles. The van der Waals surface area contributed by atoms with Crippen LogP contribution in [0.5, 0.6) is 0 Å². The van der Waals surface area contributed by atoms with E-state index in [4.69, 9.17) is 4.74 Å². The molecule has 2 fully saturated rings. The van der Waals surface area contributed by atoms with Crippen LogP contribution in [0.15, 0.2) is 91.0 Å². The number of carbonyl (C=O) groups excluding carboxylic acids is 3. The van der Waals surface area contributed by atoms with Gasteiger partial charge in [-0.25, -0.2) is 4.79 Å². The maximum atomic E-state index is 13.5. The van der Waals surface area contributed by atoms with Gasteiger partial charge in [-0.15, -0.1) is 11.8 Å². The first-order valence-corrected chi connectivity index (χ1v) is 13.2. The second kappa shape index (κ2) is 11.1. The van der Waals surface area contributed by atoms with Crippen molar-refractivity contribution >= 4 is 29.5 Å². The van der Waals surface area contributed by atoms with Crippen LogP contribution in [-0.4, -0.2) is 57.1 Å². The van der Waals surface area contributed by atoms with Gasteiger partial charge in [-0.2, -0.15) is 5.26 Å². The maximum absolute atomic E-state index is 13.5. The van der Waals surface area contributed by atoms with Crippen molar-refractivity contribution in [2.75, 3.05) is 5.75 Å². The zero-order chi connectivity index (χ0) is 26.6. The summed E-state index contributed by atoms with van der Waals surface area (Å²) in [5.74, 6) is -2.70. The second-order valence-corrected chi connectivity index (χ2v) is 10.2. The number of carbonyl (C=O) groups is 3. The van der Waals surface area contributed by atoms with Crippen LogP contribution in [0.4, 0.5) is 0 Å². The quantitative estimate of drug-likeness (QED) is 0.358. The molecule has 2 aliphatic heterocycles. The highest BCUT2D eigenvalue weighted by atomic mass is 32.2. The van der Waals surface area contributed by atoms with Gasteiger partial charge < -0.3 is 20.1 Å². The highest BCUT2D eigenvalue weighted by molar-refractivity contribution is 8.00. The van der Waals surface area contributed by atoms with E-state index in [2.05, 4.69) is 5.32 Å². The highest BCUT2D eigenvalue weighted by Crippen LogP contribution is 2.40. The summed E-state index contributed by atoms with van der Waals surface area (Å²) in [4.78, 5) is 40.8. The monoisotopic (exact) mass is 527 g/mol. The lowest BCUT2D eigenvalue weighted by Crippen LogP contribution is -2.77. The van der Waals surface area contributed by atoms with Gasteiger partial charge in [-0.1, -0.05) is 91.0 Å². The Labute approximate surface area is 224 Å². The molecule has 38 heavy (non-hydrogen) atoms. The number of nitrogens with zero attached hydrogens (tertiary/aromatic N) is 2. The smallest absolute Gasteiger partial charge is 0.332 e. The molecule has 0 aromatic heterocycles. The van der Waals surface area contributed by atoms with Crippen molar-refractivity contribution in [1.82, 2.24) is 10.2 Å². The fourth-order valence-corrected chi connectivity index (χ4v) is 6.12. The summed E-state index contributed by atoms with van der Waals surface area (Å²) in [5, 5.41) is 22.4. The number of rotatable bonds is 7. The van der Waals surface area contributed by atoms with Crippen molar-refractivity contribution in [3.05, 3.63) is 108 Å². The molecule has 0 bridgehead atoms. The Hall–Kier alpha value is -4.13. The van der Waals surface area contributed by atoms with E-state index in [-0.39, 0.29) is 5.75 Å². The molecule has 0 radical (unpaired) electrons. The Morgan fingerprint density at radius 2 is 1.47 bits per heavy atom. The second-order valence-electron chi connectivity index (χ2n) is 9.08. The Balaban J connectivity index is 1.32. The molecule has 3 aromatic rings. The average molecular weight is 528 g/mol. The van der Waals surface area contributed by atoms with E-state index in [1.54, 1.807) is 30.3 Å². The number of aliphatic hydroxyl groups excluding tert-OH is 1. The number of ether oxygens (including phenoxy) is 1. The molecule has 0 spiro atoms. The van der Waals surface area contributed by atoms with Crippen LogP contribution < -0.4 is 5.32 Å². The topological polar surface area (TPSA) is 120 Å². The third kappa shape index (κ3) is 4.88. The number of nitrogens with one attached hydrogen (secondary N) is 1. The third-order valence-electron chi connectivity index (χ3n) is 6.68. The van der Waals surface area contributed by atoms with E-state index in [9.17, 15) is 24.8 Å². The van der Waals surface area contributed by atoms with Gasteiger partial charge in [0.25, 0.3) is 0 Å². The van der Waals surface area contributed by atoms with Crippen molar-refractivity contribution in [1.29, 1.82) is 5.26 Å². The molecule has 8 nitrogen and oxygen atoms in total. The SMILES string of the molecule is N#CC(C(=O)N[C@@H]1C(=O)N2[C@@H]1SCC(O)[C@@H]2C(=O)OC(c1ccccc1)c1ccccc1)c1ccccc1. The summed E-state index contributed by atoms with van der Waals surface area (Å²) in [7, 11) is 0. The van der Waals surface area contributed by atoms with Crippen LogP contribution in [0, 0.1) is 11.3 Å². The molecule has 2 amide bonds. The number of hydrogen-bond donors (Lipinski definition) is 2. The fourth-order valence-electron chi connectivity index (χ4n) is 4.77. The number of fused-ring (bicyclic) bond motifs is 1. The molecule has 192 valence electrons. The first-order valence-electron chi connectivity index (χ1n) is 12.2. The molecule has 2 N–H and O–H groups in total. The summed E-state index contributed by atoms with van der Waals surface area (Å²) in [5.41, 5.74) is 2.04. The van der Waals surface area contributed by atoms with Crippen LogP contribution in [-0.2, 0) is 19.1 Å². The van der Waals surface area contributed by atoms with Gasteiger partial charge in [-0.3, -0.25) is 9.59 Å². The van der Waals surface area contributed by atoms with Gasteiger partial charge in [0.1, 0.15) is 17.3 Å². The molecule has 2 aliphatic rings. The zero-order valence-electron chi connectivity index (χ0n) is 20.2. The predicted octanol–water partition coefficient (Wildman–Crippen LogP) is 2.76. The summed E-state index contributed by atoms with van der Waals surface area (Å²) >= 11 is 1.27. The van der Waals surface area contributed by atoms with E-state index in [0.29, 0.717) is 5.56 Å². The number of benzene rings is 3. The van der Waals surface area contributed by atoms with Crippen molar-refractivity contribution in [3.63, 3.8) is 0 Å². The van der Waals surface area contributed by atoms with Gasteiger partial charge in [0, 0.05) is 5.75 Å². The first kappa shape index (κ1) is 25.5. The first-order chi connectivity index (χ1) is 18.5. The molecule has 2 unspecified atom stereocenters. The lowest BCUT2D eigenvalue weighted by Gasteiger charge is -2.53. The lowest BCUT2D eigenvalue weighted by molar-refractivity contribution is -0.173. The molecule has 3 aromatic carbocycles. The highest BCUT2D eigenvalue weighted by Gasteiger charge is 2.58. The minimum Gasteiger partial charge on any atom is -0.451 e. The number of thioether (sulfide) groups is 1. The number of β-lactam (4-membered cyclic amide) rings is 1. The largest absolute Gasteiger partial charge is 0.451 e. The van der Waals surface area contributed by atoms with E-state index < -0.39 is 53.4 Å². The van der Waals surface area contributed by atoms with E-state index in [0.717, 1.165) is 11.1 Å². The maximum Gasteiger partial charge on any atom is 0.332 e. The summed E-state index contributed by atoms with van der Waals surface area (Å²) in [6.07, 6.45) is -1.85. The van der Waals surface area contributed by atoms with Gasteiger partial charge in [0.15, 0.2) is 12.1 Å². The molecule has 0 saturated carbocycles. The van der Waals surface area contributed by atoms with Gasteiger partial charge in [-0.05, 0) is 16.7 Å².